The molecule has 3 heterocycles. The summed E-state index contributed by atoms with van der Waals surface area (Å²) in [6.07, 6.45) is 3.48. The molecule has 3 aliphatic rings. The third-order valence-corrected chi connectivity index (χ3v) is 6.85. The van der Waals surface area contributed by atoms with Crippen molar-refractivity contribution in [1.82, 2.24) is 9.80 Å². The van der Waals surface area contributed by atoms with Gasteiger partial charge in [0.25, 0.3) is 0 Å². The topological polar surface area (TPSA) is 66.9 Å². The van der Waals surface area contributed by atoms with E-state index in [9.17, 15) is 18.8 Å². The van der Waals surface area contributed by atoms with Gasteiger partial charge in [0.15, 0.2) is 11.2 Å². The van der Waals surface area contributed by atoms with Crippen LogP contribution in [0, 0.1) is 11.2 Å². The second kappa shape index (κ2) is 7.86. The number of likely N-dealkylation sites (tertiary alicyclic amines) is 1. The number of Topliss-reactive ketones (excluding diaryl/α,β-unsaturated/α-hetero) is 1. The smallest absolute Gasteiger partial charge is 0.321 e. The lowest BCUT2D eigenvalue weighted by atomic mass is 9.69. The molecule has 3 saturated heterocycles. The van der Waals surface area contributed by atoms with Crippen LogP contribution in [-0.4, -0.2) is 59.7 Å². The van der Waals surface area contributed by atoms with Gasteiger partial charge in [0.2, 0.25) is 5.91 Å². The van der Waals surface area contributed by atoms with Crippen LogP contribution in [0.15, 0.2) is 24.3 Å². The van der Waals surface area contributed by atoms with E-state index in [-0.39, 0.29) is 42.4 Å². The van der Waals surface area contributed by atoms with Crippen LogP contribution in [0.5, 0.6) is 0 Å². The summed E-state index contributed by atoms with van der Waals surface area (Å²) in [6, 6.07) is 5.93. The fourth-order valence-electron chi connectivity index (χ4n) is 5.34. The summed E-state index contributed by atoms with van der Waals surface area (Å²) in [6.45, 7) is 1.87. The molecule has 29 heavy (non-hydrogen) atoms. The van der Waals surface area contributed by atoms with Gasteiger partial charge in [-0.2, -0.15) is 0 Å². The van der Waals surface area contributed by atoms with Gasteiger partial charge in [-0.05, 0) is 43.4 Å². The molecule has 1 aromatic carbocycles. The van der Waals surface area contributed by atoms with Gasteiger partial charge >= 0.3 is 5.97 Å². The predicted octanol–water partition coefficient (Wildman–Crippen LogP) is 2.30. The molecule has 4 rings (SSSR count). The van der Waals surface area contributed by atoms with Crippen molar-refractivity contribution in [3.05, 3.63) is 35.6 Å². The molecule has 3 aliphatic heterocycles. The predicted molar refractivity (Wildman–Crippen MR) is 103 cm³/mol. The Morgan fingerprint density at radius 1 is 1.17 bits per heavy atom. The number of hydrogen-bond donors (Lipinski definition) is 0. The normalized spacial score (nSPS) is 29.3. The zero-order valence-electron chi connectivity index (χ0n) is 16.7. The van der Waals surface area contributed by atoms with Gasteiger partial charge in [0, 0.05) is 38.1 Å². The number of fused-ring (bicyclic) bond motifs is 2. The van der Waals surface area contributed by atoms with Gasteiger partial charge in [-0.15, -0.1) is 0 Å². The maximum absolute atomic E-state index is 13.3. The number of hydrogen-bond acceptors (Lipinski definition) is 5. The van der Waals surface area contributed by atoms with Crippen molar-refractivity contribution >= 4 is 17.7 Å². The molecule has 3 fully saturated rings. The number of carbonyl (C=O) groups is 3. The minimum atomic E-state index is -1.46. The third kappa shape index (κ3) is 3.45. The highest BCUT2D eigenvalue weighted by atomic mass is 19.1. The average molecular weight is 402 g/mol. The molecule has 3 atom stereocenters. The van der Waals surface area contributed by atoms with Crippen molar-refractivity contribution in [2.24, 2.45) is 5.41 Å². The third-order valence-electron chi connectivity index (χ3n) is 6.85. The van der Waals surface area contributed by atoms with Gasteiger partial charge in [-0.1, -0.05) is 12.1 Å². The molecule has 2 bridgehead atoms. The molecule has 0 aromatic heterocycles. The van der Waals surface area contributed by atoms with Crippen molar-refractivity contribution < 1.29 is 23.5 Å². The summed E-state index contributed by atoms with van der Waals surface area (Å²) < 4.78 is 18.4. The Labute approximate surface area is 170 Å². The second-order valence-corrected chi connectivity index (χ2v) is 8.40. The molecule has 7 heteroatoms. The molecule has 0 radical (unpaired) electrons. The lowest BCUT2D eigenvalue weighted by Gasteiger charge is -2.45. The van der Waals surface area contributed by atoms with Gasteiger partial charge in [-0.25, -0.2) is 4.39 Å². The molecule has 0 aliphatic carbocycles. The number of nitrogens with zero attached hydrogens (tertiary/aromatic N) is 2. The highest BCUT2D eigenvalue weighted by molar-refractivity contribution is 6.08. The van der Waals surface area contributed by atoms with Crippen molar-refractivity contribution in [2.45, 2.75) is 57.2 Å². The van der Waals surface area contributed by atoms with E-state index in [0.717, 1.165) is 24.8 Å². The highest BCUT2D eigenvalue weighted by Crippen LogP contribution is 2.48. The van der Waals surface area contributed by atoms with Crippen molar-refractivity contribution in [2.75, 3.05) is 20.2 Å². The fourth-order valence-corrected chi connectivity index (χ4v) is 5.34. The van der Waals surface area contributed by atoms with Gasteiger partial charge < -0.3 is 9.64 Å². The van der Waals surface area contributed by atoms with Gasteiger partial charge in [-0.3, -0.25) is 19.3 Å². The average Bonchev–Trinajstić information content (AvgIpc) is 3.35. The van der Waals surface area contributed by atoms with E-state index in [2.05, 4.69) is 4.90 Å². The first-order valence-corrected chi connectivity index (χ1v) is 10.4. The number of esters is 1. The van der Waals surface area contributed by atoms with E-state index in [1.54, 1.807) is 17.0 Å². The van der Waals surface area contributed by atoms with Gasteiger partial charge in [0.1, 0.15) is 5.82 Å². The lowest BCUT2D eigenvalue weighted by Crippen LogP contribution is -2.61. The summed E-state index contributed by atoms with van der Waals surface area (Å²) in [5.41, 5.74) is -0.538. The Balaban J connectivity index is 1.65. The minimum absolute atomic E-state index is 0.0391. The largest absolute Gasteiger partial charge is 0.468 e. The first-order chi connectivity index (χ1) is 14.0. The SMILES string of the molecule is COC(=O)[C@]1(CC(=O)N2CCCC2)C(=O)C[C@H]2CC[C@@H]1N2Cc1ccc(F)cc1. The van der Waals surface area contributed by atoms with Crippen molar-refractivity contribution in [3.8, 4) is 0 Å². The molecule has 6 nitrogen and oxygen atoms in total. The number of ketones is 1. The van der Waals surface area contributed by atoms with E-state index >= 15 is 0 Å². The van der Waals surface area contributed by atoms with Crippen LogP contribution in [0.25, 0.3) is 0 Å². The molecule has 1 amide bonds. The monoisotopic (exact) mass is 402 g/mol. The summed E-state index contributed by atoms with van der Waals surface area (Å²) in [4.78, 5) is 43.1. The second-order valence-electron chi connectivity index (χ2n) is 8.40. The van der Waals surface area contributed by atoms with Crippen LogP contribution >= 0.6 is 0 Å². The van der Waals surface area contributed by atoms with Crippen molar-refractivity contribution in [3.63, 3.8) is 0 Å². The Morgan fingerprint density at radius 2 is 1.86 bits per heavy atom. The number of ether oxygens (including phenoxy) is 1. The Kier molecular flexibility index (Phi) is 5.42. The zero-order valence-corrected chi connectivity index (χ0v) is 16.7. The van der Waals surface area contributed by atoms with E-state index < -0.39 is 11.4 Å². The van der Waals surface area contributed by atoms with Crippen LogP contribution < -0.4 is 0 Å². The van der Waals surface area contributed by atoms with E-state index in [1.807, 2.05) is 0 Å². The molecule has 0 spiro atoms. The lowest BCUT2D eigenvalue weighted by molar-refractivity contribution is -0.170. The van der Waals surface area contributed by atoms with Crippen LogP contribution in [0.2, 0.25) is 0 Å². The highest BCUT2D eigenvalue weighted by Gasteiger charge is 2.62. The van der Waals surface area contributed by atoms with Crippen molar-refractivity contribution in [1.29, 1.82) is 0 Å². The number of amides is 1. The maximum Gasteiger partial charge on any atom is 0.321 e. The number of halogens is 1. The number of methoxy groups -OCH3 is 1. The first kappa shape index (κ1) is 20.0. The first-order valence-electron chi connectivity index (χ1n) is 10.4. The molecule has 0 saturated carbocycles. The Hall–Kier alpha value is -2.28. The molecule has 1 aromatic rings. The summed E-state index contributed by atoms with van der Waals surface area (Å²) in [5, 5.41) is 0. The Morgan fingerprint density at radius 3 is 2.52 bits per heavy atom. The van der Waals surface area contributed by atoms with Crippen LogP contribution in [0.1, 0.15) is 44.1 Å². The number of rotatable bonds is 5. The van der Waals surface area contributed by atoms with Gasteiger partial charge in [0.05, 0.1) is 13.5 Å². The van der Waals surface area contributed by atoms with Crippen LogP contribution in [0.4, 0.5) is 4.39 Å². The molecule has 0 unspecified atom stereocenters. The summed E-state index contributed by atoms with van der Waals surface area (Å²) >= 11 is 0. The quantitative estimate of drug-likeness (QED) is 0.559. The molecule has 156 valence electrons. The molecular weight excluding hydrogens is 375 g/mol. The zero-order chi connectivity index (χ0) is 20.6. The number of benzene rings is 1. The Bertz CT molecular complexity index is 806. The number of piperidine rings is 1. The fraction of sp³-hybridized carbons (Fsp3) is 0.591. The standard InChI is InChI=1S/C22H27FN2O4/c1-29-21(28)22(13-20(27)24-10-2-3-11-24)18-9-8-17(12-19(22)26)25(18)14-15-4-6-16(23)7-5-15/h4-7,17-18H,2-3,8-14H2,1H3/t17-,18+,22+/m1/s1. The summed E-state index contributed by atoms with van der Waals surface area (Å²) in [7, 11) is 1.28. The minimum Gasteiger partial charge on any atom is -0.468 e. The van der Waals surface area contributed by atoms with E-state index in [1.165, 1.54) is 19.2 Å². The molecular formula is C22H27FN2O4. The van der Waals surface area contributed by atoms with E-state index in [4.69, 9.17) is 4.74 Å². The molecule has 0 N–H and O–H groups in total. The van der Waals surface area contributed by atoms with E-state index in [0.29, 0.717) is 26.1 Å². The van der Waals surface area contributed by atoms with Crippen LogP contribution in [0.3, 0.4) is 0 Å². The van der Waals surface area contributed by atoms with Crippen LogP contribution in [-0.2, 0) is 25.7 Å². The number of carbonyl (C=O) groups excluding carboxylic acids is 3. The summed E-state index contributed by atoms with van der Waals surface area (Å²) in [5.74, 6) is -1.23. The maximum atomic E-state index is 13.3.